The second-order valence-electron chi connectivity index (χ2n) is 7.36. The van der Waals surface area contributed by atoms with E-state index in [1.165, 1.54) is 0 Å². The predicted molar refractivity (Wildman–Crippen MR) is 103 cm³/mol. The first-order valence-electron chi connectivity index (χ1n) is 9.74. The Morgan fingerprint density at radius 3 is 2.79 bits per heavy atom. The Morgan fingerprint density at radius 1 is 1.18 bits per heavy atom. The molecule has 150 valence electrons. The standard InChI is InChI=1S/C19H25N5O3S/c25-28(26,14-8-4-3-5-9-14)22-19-15(16-12-13-17(19)27-16)10-6-1-2-7-11-18-20-23-24-21-18/h1,3-6,8-9,15-17,19,22H,2,7,10-13H2,(H,20,21,23,24)/b6-1-. The van der Waals surface area contributed by atoms with Gasteiger partial charge in [-0.15, -0.1) is 5.10 Å². The molecule has 4 atom stereocenters. The first-order valence-corrected chi connectivity index (χ1v) is 11.2. The Kier molecular flexibility index (Phi) is 5.84. The lowest BCUT2D eigenvalue weighted by atomic mass is 9.83. The van der Waals surface area contributed by atoms with Gasteiger partial charge in [0.15, 0.2) is 0 Å². The number of fused-ring (bicyclic) bond motifs is 2. The van der Waals surface area contributed by atoms with E-state index in [4.69, 9.17) is 4.74 Å². The zero-order valence-electron chi connectivity index (χ0n) is 15.6. The van der Waals surface area contributed by atoms with Crippen molar-refractivity contribution in [2.45, 2.75) is 61.7 Å². The van der Waals surface area contributed by atoms with Crippen molar-refractivity contribution < 1.29 is 13.2 Å². The summed E-state index contributed by atoms with van der Waals surface area (Å²) in [6.07, 6.45) is 9.85. The summed E-state index contributed by atoms with van der Waals surface area (Å²) in [6.45, 7) is 0. The fraction of sp³-hybridized carbons (Fsp3) is 0.526. The van der Waals surface area contributed by atoms with Crippen molar-refractivity contribution in [2.75, 3.05) is 0 Å². The van der Waals surface area contributed by atoms with Gasteiger partial charge in [0, 0.05) is 12.3 Å². The van der Waals surface area contributed by atoms with Crippen LogP contribution in [-0.2, 0) is 21.2 Å². The molecule has 1 aromatic carbocycles. The van der Waals surface area contributed by atoms with Gasteiger partial charge < -0.3 is 4.74 Å². The van der Waals surface area contributed by atoms with E-state index in [0.29, 0.717) is 4.90 Å². The van der Waals surface area contributed by atoms with Crippen LogP contribution in [0.5, 0.6) is 0 Å². The lowest BCUT2D eigenvalue weighted by molar-refractivity contribution is 0.0907. The number of benzene rings is 1. The van der Waals surface area contributed by atoms with E-state index in [1.807, 2.05) is 6.07 Å². The molecule has 4 unspecified atom stereocenters. The van der Waals surface area contributed by atoms with E-state index >= 15 is 0 Å². The maximum atomic E-state index is 12.7. The number of nitrogens with one attached hydrogen (secondary N) is 2. The van der Waals surface area contributed by atoms with Crippen LogP contribution in [0, 0.1) is 5.92 Å². The molecule has 0 aliphatic carbocycles. The molecule has 2 fully saturated rings. The smallest absolute Gasteiger partial charge is 0.240 e. The molecule has 0 spiro atoms. The number of nitrogens with zero attached hydrogens (tertiary/aromatic N) is 3. The third-order valence-electron chi connectivity index (χ3n) is 5.52. The van der Waals surface area contributed by atoms with Crippen LogP contribution in [0.4, 0.5) is 0 Å². The molecule has 2 bridgehead atoms. The van der Waals surface area contributed by atoms with E-state index in [9.17, 15) is 8.42 Å². The first-order chi connectivity index (χ1) is 13.6. The molecular weight excluding hydrogens is 378 g/mol. The number of ether oxygens (including phenoxy) is 1. The van der Waals surface area contributed by atoms with Gasteiger partial charge in [0.25, 0.3) is 0 Å². The largest absolute Gasteiger partial charge is 0.373 e. The summed E-state index contributed by atoms with van der Waals surface area (Å²) in [4.78, 5) is 0.300. The minimum atomic E-state index is -3.54. The highest BCUT2D eigenvalue weighted by molar-refractivity contribution is 7.89. The number of aromatic nitrogens is 4. The Labute approximate surface area is 164 Å². The number of aromatic amines is 1. The van der Waals surface area contributed by atoms with Crippen LogP contribution in [0.25, 0.3) is 0 Å². The second kappa shape index (κ2) is 8.50. The predicted octanol–water partition coefficient (Wildman–Crippen LogP) is 1.99. The Bertz CT molecular complexity index is 886. The third kappa shape index (κ3) is 4.31. The number of hydrogen-bond acceptors (Lipinski definition) is 6. The molecule has 0 amide bonds. The molecule has 2 aromatic rings. The molecule has 0 saturated carbocycles. The number of unbranched alkanes of at least 4 members (excludes halogenated alkanes) is 1. The molecule has 1 aromatic heterocycles. The Balaban J connectivity index is 1.33. The minimum Gasteiger partial charge on any atom is -0.373 e. The molecule has 2 aliphatic rings. The summed E-state index contributed by atoms with van der Waals surface area (Å²) in [5, 5.41) is 13.7. The molecule has 4 rings (SSSR count). The number of allylic oxidation sites excluding steroid dienone is 2. The second-order valence-corrected chi connectivity index (χ2v) is 9.08. The fourth-order valence-corrected chi connectivity index (χ4v) is 5.46. The van der Waals surface area contributed by atoms with Crippen LogP contribution >= 0.6 is 0 Å². The molecular formula is C19H25N5O3S. The van der Waals surface area contributed by atoms with Gasteiger partial charge in [0.1, 0.15) is 5.82 Å². The van der Waals surface area contributed by atoms with Crippen LogP contribution in [0.1, 0.15) is 37.9 Å². The fourth-order valence-electron chi connectivity index (χ4n) is 4.13. The number of rotatable bonds is 9. The van der Waals surface area contributed by atoms with E-state index < -0.39 is 10.0 Å². The number of sulfonamides is 1. The number of hydrogen-bond donors (Lipinski definition) is 2. The number of tetrazole rings is 1. The average molecular weight is 404 g/mol. The topological polar surface area (TPSA) is 110 Å². The van der Waals surface area contributed by atoms with Crippen LogP contribution < -0.4 is 4.72 Å². The van der Waals surface area contributed by atoms with Crippen molar-refractivity contribution in [3.8, 4) is 0 Å². The monoisotopic (exact) mass is 403 g/mol. The van der Waals surface area contributed by atoms with Gasteiger partial charge in [-0.05, 0) is 54.7 Å². The molecule has 28 heavy (non-hydrogen) atoms. The summed E-state index contributed by atoms with van der Waals surface area (Å²) in [6, 6.07) is 8.35. The van der Waals surface area contributed by atoms with Gasteiger partial charge in [-0.3, -0.25) is 0 Å². The quantitative estimate of drug-likeness (QED) is 0.489. The summed E-state index contributed by atoms with van der Waals surface area (Å²) in [5.74, 6) is 0.970. The van der Waals surface area contributed by atoms with Crippen molar-refractivity contribution in [1.29, 1.82) is 0 Å². The highest BCUT2D eigenvalue weighted by Crippen LogP contribution is 2.41. The van der Waals surface area contributed by atoms with Crippen molar-refractivity contribution in [2.24, 2.45) is 5.92 Å². The van der Waals surface area contributed by atoms with E-state index in [-0.39, 0.29) is 24.2 Å². The summed E-state index contributed by atoms with van der Waals surface area (Å²) >= 11 is 0. The van der Waals surface area contributed by atoms with Gasteiger partial charge in [-0.2, -0.15) is 0 Å². The van der Waals surface area contributed by atoms with Gasteiger partial charge >= 0.3 is 0 Å². The molecule has 3 heterocycles. The average Bonchev–Trinajstić information content (AvgIpc) is 3.44. The zero-order valence-corrected chi connectivity index (χ0v) is 16.4. The maximum Gasteiger partial charge on any atom is 0.240 e. The van der Waals surface area contributed by atoms with Crippen LogP contribution in [-0.4, -0.2) is 47.3 Å². The van der Waals surface area contributed by atoms with E-state index in [1.54, 1.807) is 24.3 Å². The van der Waals surface area contributed by atoms with E-state index in [0.717, 1.165) is 44.3 Å². The summed E-state index contributed by atoms with van der Waals surface area (Å²) < 4.78 is 34.4. The van der Waals surface area contributed by atoms with Crippen molar-refractivity contribution >= 4 is 10.0 Å². The normalized spacial score (nSPS) is 27.0. The maximum absolute atomic E-state index is 12.7. The minimum absolute atomic E-state index is 0.0270. The number of H-pyrrole nitrogens is 1. The van der Waals surface area contributed by atoms with Gasteiger partial charge in [0.2, 0.25) is 10.0 Å². The van der Waals surface area contributed by atoms with Crippen LogP contribution in [0.2, 0.25) is 0 Å². The summed E-state index contributed by atoms with van der Waals surface area (Å²) in [5.41, 5.74) is 0. The highest BCUT2D eigenvalue weighted by atomic mass is 32.2. The molecule has 0 radical (unpaired) electrons. The lowest BCUT2D eigenvalue weighted by Crippen LogP contribution is -2.46. The SMILES string of the molecule is O=S(=O)(NC1C2CCC(O2)C1C/C=C\CCCc1nnn[nH]1)c1ccccc1. The van der Waals surface area contributed by atoms with Gasteiger partial charge in [-0.25, -0.2) is 18.2 Å². The van der Waals surface area contributed by atoms with Crippen LogP contribution in [0.3, 0.4) is 0 Å². The highest BCUT2D eigenvalue weighted by Gasteiger charge is 2.49. The third-order valence-corrected chi connectivity index (χ3v) is 6.99. The van der Waals surface area contributed by atoms with Gasteiger partial charge in [0.05, 0.1) is 23.1 Å². The molecule has 2 saturated heterocycles. The van der Waals surface area contributed by atoms with Crippen molar-refractivity contribution in [3.63, 3.8) is 0 Å². The Hall–Kier alpha value is -2.10. The Morgan fingerprint density at radius 2 is 2.00 bits per heavy atom. The molecule has 2 aliphatic heterocycles. The van der Waals surface area contributed by atoms with Gasteiger partial charge in [-0.1, -0.05) is 30.4 Å². The van der Waals surface area contributed by atoms with Crippen molar-refractivity contribution in [1.82, 2.24) is 25.3 Å². The van der Waals surface area contributed by atoms with E-state index in [2.05, 4.69) is 37.5 Å². The first kappa shape index (κ1) is 19.2. The lowest BCUT2D eigenvalue weighted by Gasteiger charge is -2.27. The van der Waals surface area contributed by atoms with Crippen LogP contribution in [0.15, 0.2) is 47.4 Å². The molecule has 2 N–H and O–H groups in total. The zero-order chi connectivity index (χ0) is 19.4. The molecule has 8 nitrogen and oxygen atoms in total. The number of aryl methyl sites for hydroxylation is 1. The molecule has 9 heteroatoms. The van der Waals surface area contributed by atoms with Crippen molar-refractivity contribution in [3.05, 3.63) is 48.3 Å². The summed E-state index contributed by atoms with van der Waals surface area (Å²) in [7, 11) is -3.54.